The summed E-state index contributed by atoms with van der Waals surface area (Å²) in [4.78, 5) is 36.5. The van der Waals surface area contributed by atoms with Gasteiger partial charge in [-0.25, -0.2) is 12.8 Å². The Morgan fingerprint density at radius 2 is 1.90 bits per heavy atom. The zero-order valence-electron chi connectivity index (χ0n) is 22.5. The van der Waals surface area contributed by atoms with Crippen LogP contribution in [-0.2, 0) is 24.4 Å². The number of amides is 3. The van der Waals surface area contributed by atoms with Crippen LogP contribution >= 0.6 is 23.2 Å². The quantitative estimate of drug-likeness (QED) is 0.180. The van der Waals surface area contributed by atoms with Gasteiger partial charge in [-0.05, 0) is 63.0 Å². The van der Waals surface area contributed by atoms with Crippen molar-refractivity contribution in [2.45, 2.75) is 76.0 Å². The largest absolute Gasteiger partial charge is 0.376 e. The lowest BCUT2D eigenvalue weighted by atomic mass is 10.2. The van der Waals surface area contributed by atoms with E-state index < -0.39 is 27.8 Å². The normalized spacial score (nSPS) is 22.0. The zero-order valence-corrected chi connectivity index (χ0v) is 24.8. The summed E-state index contributed by atoms with van der Waals surface area (Å²) in [6.45, 7) is 2.58. The molecule has 3 aliphatic rings. The van der Waals surface area contributed by atoms with Gasteiger partial charge < -0.3 is 16.0 Å². The van der Waals surface area contributed by atoms with Crippen LogP contribution in [0, 0.1) is 17.7 Å². The van der Waals surface area contributed by atoms with E-state index in [-0.39, 0.29) is 45.5 Å². The maximum Gasteiger partial charge on any atom is 0.242 e. The first kappa shape index (κ1) is 32.1. The fourth-order valence-corrected chi connectivity index (χ4v) is 6.16. The second-order valence-electron chi connectivity index (χ2n) is 10.4. The van der Waals surface area contributed by atoms with Crippen LogP contribution in [0.2, 0.25) is 10.0 Å². The third-order valence-electron chi connectivity index (χ3n) is 7.07. The van der Waals surface area contributed by atoms with Crippen molar-refractivity contribution in [1.29, 1.82) is 0 Å². The molecular formula is C27H37Cl2FN4O5S. The minimum absolute atomic E-state index is 0.0581. The lowest BCUT2D eigenvalue weighted by Gasteiger charge is -2.22. The first-order valence-electron chi connectivity index (χ1n) is 13.6. The predicted octanol–water partition coefficient (Wildman–Crippen LogP) is 4.39. The van der Waals surface area contributed by atoms with Crippen LogP contribution in [0.15, 0.2) is 24.3 Å². The maximum atomic E-state index is 13.4. The number of likely N-dealkylation sites (tertiary alicyclic amines) is 1. The number of benzene rings is 1. The molecule has 13 heteroatoms. The van der Waals surface area contributed by atoms with E-state index in [1.807, 2.05) is 0 Å². The number of nitrogens with one attached hydrogen (secondary N) is 2. The van der Waals surface area contributed by atoms with Crippen molar-refractivity contribution in [3.63, 3.8) is 0 Å². The number of hydrogen-bond acceptors (Lipinski definition) is 6. The lowest BCUT2D eigenvalue weighted by molar-refractivity contribution is -0.135. The molecule has 4 rings (SSSR count). The molecule has 1 heterocycles. The number of anilines is 1. The number of nitrogens with two attached hydrogens (primary N) is 1. The van der Waals surface area contributed by atoms with E-state index in [0.717, 1.165) is 25.3 Å². The molecule has 40 heavy (non-hydrogen) atoms. The van der Waals surface area contributed by atoms with Gasteiger partial charge in [-0.1, -0.05) is 55.1 Å². The van der Waals surface area contributed by atoms with Crippen LogP contribution in [-0.4, -0.2) is 55.4 Å². The average Bonchev–Trinajstić information content (AvgIpc) is 3.83. The molecule has 0 aromatic heterocycles. The molecule has 3 fully saturated rings. The molecule has 1 aromatic rings. The number of sulfonamides is 1. The summed E-state index contributed by atoms with van der Waals surface area (Å²) in [5, 5.41) is 2.34. The summed E-state index contributed by atoms with van der Waals surface area (Å²) in [5.74, 6) is -1.65. The van der Waals surface area contributed by atoms with Crippen molar-refractivity contribution in [2.75, 3.05) is 18.4 Å². The number of rotatable bonds is 12. The molecule has 0 bridgehead atoms. The zero-order chi connectivity index (χ0) is 29.4. The van der Waals surface area contributed by atoms with Gasteiger partial charge in [-0.3, -0.25) is 19.1 Å². The Balaban J connectivity index is 0.000000222. The fourth-order valence-electron chi connectivity index (χ4n) is 4.49. The van der Waals surface area contributed by atoms with Crippen LogP contribution in [0.3, 0.4) is 0 Å². The highest BCUT2D eigenvalue weighted by Gasteiger charge is 2.44. The van der Waals surface area contributed by atoms with Crippen molar-refractivity contribution in [2.24, 2.45) is 17.6 Å². The molecule has 0 radical (unpaired) electrons. The number of halogens is 3. The van der Waals surface area contributed by atoms with Crippen molar-refractivity contribution >= 4 is 56.6 Å². The Morgan fingerprint density at radius 3 is 2.52 bits per heavy atom. The monoisotopic (exact) mass is 618 g/mol. The summed E-state index contributed by atoms with van der Waals surface area (Å²) < 4.78 is 38.9. The first-order valence-corrected chi connectivity index (χ1v) is 15.9. The molecule has 3 atom stereocenters. The Morgan fingerprint density at radius 1 is 1.18 bits per heavy atom. The summed E-state index contributed by atoms with van der Waals surface area (Å²) in [5.41, 5.74) is 5.59. The van der Waals surface area contributed by atoms with E-state index >= 15 is 0 Å². The Hall–Kier alpha value is -2.37. The Kier molecular flexibility index (Phi) is 11.7. The van der Waals surface area contributed by atoms with Gasteiger partial charge in [0.25, 0.3) is 0 Å². The summed E-state index contributed by atoms with van der Waals surface area (Å²) in [6, 6.07) is 2.01. The molecule has 3 amide bonds. The third-order valence-corrected chi connectivity index (χ3v) is 9.68. The highest BCUT2D eigenvalue weighted by molar-refractivity contribution is 7.90. The highest BCUT2D eigenvalue weighted by Crippen LogP contribution is 2.40. The summed E-state index contributed by atoms with van der Waals surface area (Å²) >= 11 is 11.4. The van der Waals surface area contributed by atoms with Gasteiger partial charge in [0.05, 0.1) is 21.8 Å². The van der Waals surface area contributed by atoms with Crippen LogP contribution in [0.4, 0.5) is 10.1 Å². The second-order valence-corrected chi connectivity index (χ2v) is 13.1. The van der Waals surface area contributed by atoms with E-state index in [1.165, 1.54) is 30.2 Å². The molecular weight excluding hydrogens is 582 g/mol. The minimum atomic E-state index is -3.37. The smallest absolute Gasteiger partial charge is 0.242 e. The van der Waals surface area contributed by atoms with Crippen LogP contribution in [0.25, 0.3) is 0 Å². The average molecular weight is 620 g/mol. The van der Waals surface area contributed by atoms with Crippen molar-refractivity contribution in [3.05, 3.63) is 40.1 Å². The third kappa shape index (κ3) is 9.34. The standard InChI is InChI=1S/C14H23NO3S.C13H14Cl2FN3O2/c1-2-3-4-5-6-7-11-10-13(11)14(16)15-19(17,18)12-8-9-12;14-8-4-7(5-9(16)12(8)15)18-6-11(20)19-3-1-2-10(19)13(17)21/h6-7,11-13H,2-5,8-10H2,1H3,(H,15,16);4-5,10,18H,1-3,6H2,(H2,17,21)/b7-6-;/t11-,13+;10-/m10/s1. The van der Waals surface area contributed by atoms with Gasteiger partial charge in [0.15, 0.2) is 0 Å². The summed E-state index contributed by atoms with van der Waals surface area (Å²) in [6.07, 6.45) is 12.4. The van der Waals surface area contributed by atoms with Gasteiger partial charge in [0, 0.05) is 18.2 Å². The van der Waals surface area contributed by atoms with Crippen LogP contribution in [0.5, 0.6) is 0 Å². The molecule has 222 valence electrons. The van der Waals surface area contributed by atoms with Crippen molar-refractivity contribution in [3.8, 4) is 0 Å². The molecule has 1 aliphatic heterocycles. The van der Waals surface area contributed by atoms with Crippen LogP contribution < -0.4 is 15.8 Å². The fraction of sp³-hybridized carbons (Fsp3) is 0.593. The highest BCUT2D eigenvalue weighted by atomic mass is 35.5. The van der Waals surface area contributed by atoms with Gasteiger partial charge in [-0.15, -0.1) is 0 Å². The van der Waals surface area contributed by atoms with Crippen LogP contribution in [0.1, 0.15) is 64.7 Å². The Bertz CT molecular complexity index is 1200. The molecule has 2 aliphatic carbocycles. The number of allylic oxidation sites excluding steroid dienone is 2. The molecule has 0 spiro atoms. The van der Waals surface area contributed by atoms with E-state index in [1.54, 1.807) is 0 Å². The lowest BCUT2D eigenvalue weighted by Crippen LogP contribution is -2.45. The van der Waals surface area contributed by atoms with Crippen molar-refractivity contribution in [1.82, 2.24) is 9.62 Å². The molecule has 9 nitrogen and oxygen atoms in total. The Labute approximate surface area is 245 Å². The number of carbonyl (C=O) groups excluding carboxylic acids is 3. The molecule has 1 aromatic carbocycles. The van der Waals surface area contributed by atoms with E-state index in [0.29, 0.717) is 31.5 Å². The minimum Gasteiger partial charge on any atom is -0.376 e. The SMILES string of the molecule is CCCCC/C=C\[C@@H]1C[C@@H]1C(=O)NS(=O)(=O)C1CC1.NC(=O)[C@@H]1CCCN1C(=O)CNc1cc(F)c(Cl)c(Cl)c1. The van der Waals surface area contributed by atoms with Gasteiger partial charge >= 0.3 is 0 Å². The summed E-state index contributed by atoms with van der Waals surface area (Å²) in [7, 11) is -3.37. The van der Waals surface area contributed by atoms with Crippen molar-refractivity contribution < 1.29 is 27.2 Å². The number of carbonyl (C=O) groups is 3. The topological polar surface area (TPSA) is 139 Å². The molecule has 2 saturated carbocycles. The maximum absolute atomic E-state index is 13.4. The van der Waals surface area contributed by atoms with E-state index in [9.17, 15) is 27.2 Å². The predicted molar refractivity (Wildman–Crippen MR) is 154 cm³/mol. The molecule has 0 unspecified atom stereocenters. The first-order chi connectivity index (χ1) is 18.9. The number of primary amides is 1. The number of hydrogen-bond donors (Lipinski definition) is 3. The van der Waals surface area contributed by atoms with E-state index in [2.05, 4.69) is 29.1 Å². The van der Waals surface area contributed by atoms with Gasteiger partial charge in [0.1, 0.15) is 11.9 Å². The van der Waals surface area contributed by atoms with Gasteiger partial charge in [0.2, 0.25) is 27.7 Å². The van der Waals surface area contributed by atoms with Gasteiger partial charge in [-0.2, -0.15) is 0 Å². The number of nitrogens with zero attached hydrogens (tertiary/aromatic N) is 1. The molecule has 4 N–H and O–H groups in total. The molecule has 1 saturated heterocycles. The van der Waals surface area contributed by atoms with E-state index in [4.69, 9.17) is 28.9 Å². The number of unbranched alkanes of at least 4 members (excludes halogenated alkanes) is 3. The second kappa shape index (κ2) is 14.5.